The highest BCUT2D eigenvalue weighted by molar-refractivity contribution is 5.77. The third-order valence-corrected chi connectivity index (χ3v) is 7.36. The highest BCUT2D eigenvalue weighted by Gasteiger charge is 2.32. The first-order valence-corrected chi connectivity index (χ1v) is 12.7. The van der Waals surface area contributed by atoms with Crippen molar-refractivity contribution in [3.05, 3.63) is 69.8 Å². The fraction of sp³-hybridized carbons (Fsp3) is 0.393. The number of nitriles is 1. The maximum atomic E-state index is 13.4. The molecule has 9 nitrogen and oxygen atoms in total. The van der Waals surface area contributed by atoms with Gasteiger partial charge in [-0.3, -0.25) is 4.79 Å². The summed E-state index contributed by atoms with van der Waals surface area (Å²) >= 11 is 0. The van der Waals surface area contributed by atoms with Crippen molar-refractivity contribution in [2.24, 2.45) is 0 Å². The first-order valence-electron chi connectivity index (χ1n) is 12.7. The molecule has 1 fully saturated rings. The zero-order valence-corrected chi connectivity index (χ0v) is 21.5. The number of pyridine rings is 1. The van der Waals surface area contributed by atoms with E-state index in [1.165, 1.54) is 11.1 Å². The van der Waals surface area contributed by atoms with Crippen molar-refractivity contribution in [3.63, 3.8) is 0 Å². The number of benzene rings is 1. The van der Waals surface area contributed by atoms with E-state index in [0.29, 0.717) is 28.5 Å². The van der Waals surface area contributed by atoms with Gasteiger partial charge in [0.2, 0.25) is 5.95 Å². The maximum absolute atomic E-state index is 13.4. The van der Waals surface area contributed by atoms with Gasteiger partial charge in [-0.15, -0.1) is 0 Å². The predicted octanol–water partition coefficient (Wildman–Crippen LogP) is 4.24. The van der Waals surface area contributed by atoms with Crippen molar-refractivity contribution < 1.29 is 0 Å². The Hall–Kier alpha value is -4.03. The van der Waals surface area contributed by atoms with Gasteiger partial charge in [0.15, 0.2) is 11.5 Å². The Morgan fingerprint density at radius 2 is 2.00 bits per heavy atom. The lowest BCUT2D eigenvalue weighted by atomic mass is 9.79. The van der Waals surface area contributed by atoms with Crippen molar-refractivity contribution in [2.75, 3.05) is 11.9 Å². The largest absolute Gasteiger partial charge is 0.324 e. The normalized spacial score (nSPS) is 16.8. The lowest BCUT2D eigenvalue weighted by Gasteiger charge is -2.33. The molecule has 0 unspecified atom stereocenters. The lowest BCUT2D eigenvalue weighted by Crippen LogP contribution is -2.38. The van der Waals surface area contributed by atoms with Crippen molar-refractivity contribution in [1.82, 2.24) is 29.6 Å². The molecule has 0 bridgehead atoms. The number of nitrogens with zero attached hydrogens (tertiary/aromatic N) is 6. The van der Waals surface area contributed by atoms with Gasteiger partial charge in [0.05, 0.1) is 23.2 Å². The van der Waals surface area contributed by atoms with E-state index in [9.17, 15) is 10.1 Å². The molecule has 9 heteroatoms. The third kappa shape index (κ3) is 3.98. The fourth-order valence-corrected chi connectivity index (χ4v) is 5.09. The Bertz CT molecular complexity index is 1630. The number of fused-ring (bicyclic) bond motifs is 2. The summed E-state index contributed by atoms with van der Waals surface area (Å²) in [6.07, 6.45) is 3.45. The van der Waals surface area contributed by atoms with E-state index in [-0.39, 0.29) is 17.0 Å². The minimum absolute atomic E-state index is 0.0744. The van der Waals surface area contributed by atoms with Crippen LogP contribution in [-0.2, 0) is 17.4 Å². The van der Waals surface area contributed by atoms with Gasteiger partial charge in [0.1, 0.15) is 5.39 Å². The van der Waals surface area contributed by atoms with Gasteiger partial charge in [0.25, 0.3) is 5.56 Å². The van der Waals surface area contributed by atoms with Crippen LogP contribution in [0.4, 0.5) is 11.6 Å². The summed E-state index contributed by atoms with van der Waals surface area (Å²) < 4.78 is 3.53. The van der Waals surface area contributed by atoms with Crippen molar-refractivity contribution in [1.29, 1.82) is 5.26 Å². The van der Waals surface area contributed by atoms with E-state index >= 15 is 0 Å². The molecule has 0 radical (unpaired) electrons. The van der Waals surface area contributed by atoms with Crippen LogP contribution in [0.1, 0.15) is 63.4 Å². The molecule has 1 aliphatic heterocycles. The zero-order valence-electron chi connectivity index (χ0n) is 21.5. The van der Waals surface area contributed by atoms with Crippen molar-refractivity contribution in [2.45, 2.75) is 64.0 Å². The van der Waals surface area contributed by atoms with E-state index in [1.54, 1.807) is 15.6 Å². The van der Waals surface area contributed by atoms with Gasteiger partial charge in [-0.25, -0.2) is 19.3 Å². The second kappa shape index (κ2) is 8.25. The smallest absolute Gasteiger partial charge is 0.278 e. The molecule has 4 aromatic rings. The lowest BCUT2D eigenvalue weighted by molar-refractivity contribution is 0.435. The van der Waals surface area contributed by atoms with Crippen LogP contribution in [0, 0.1) is 11.3 Å². The summed E-state index contributed by atoms with van der Waals surface area (Å²) in [5, 5.41) is 16.9. The van der Waals surface area contributed by atoms with E-state index in [4.69, 9.17) is 9.97 Å². The highest BCUT2D eigenvalue weighted by Crippen LogP contribution is 2.36. The molecule has 37 heavy (non-hydrogen) atoms. The Kier molecular flexibility index (Phi) is 5.21. The molecule has 0 amide bonds. The number of hydrogen-bond acceptors (Lipinski definition) is 7. The second-order valence-corrected chi connectivity index (χ2v) is 11.2. The molecule has 1 aromatic carbocycles. The molecule has 1 aliphatic carbocycles. The van der Waals surface area contributed by atoms with Gasteiger partial charge in [-0.05, 0) is 62.1 Å². The molecule has 3 aromatic heterocycles. The van der Waals surface area contributed by atoms with E-state index in [0.717, 1.165) is 31.6 Å². The Morgan fingerprint density at radius 1 is 1.19 bits per heavy atom. The summed E-state index contributed by atoms with van der Waals surface area (Å²) in [7, 11) is 0. The quantitative estimate of drug-likeness (QED) is 0.427. The molecule has 6 rings (SSSR count). The van der Waals surface area contributed by atoms with Crippen LogP contribution < -0.4 is 16.2 Å². The van der Waals surface area contributed by atoms with E-state index in [1.807, 2.05) is 32.0 Å². The van der Waals surface area contributed by atoms with Crippen LogP contribution in [-0.4, -0.2) is 30.9 Å². The Labute approximate surface area is 215 Å². The maximum Gasteiger partial charge on any atom is 0.278 e. The van der Waals surface area contributed by atoms with Crippen LogP contribution in [0.5, 0.6) is 0 Å². The van der Waals surface area contributed by atoms with E-state index in [2.05, 4.69) is 53.7 Å². The van der Waals surface area contributed by atoms with Gasteiger partial charge in [-0.1, -0.05) is 26.0 Å². The molecular formula is C28H30N8O. The molecule has 0 spiro atoms. The standard InChI is InChI=1S/C28H30N8O/c1-27(2,15-29)22-6-5-7-23(33-22)36-24-20(25(37)35(36)19-9-10-19)14-31-26(34-24)32-18-8-11-21-17(12-18)13-30-16-28(21,3)4/h5-8,11-12,14,19,30H,9-10,13,16H2,1-4H3,(H,31,32,34). The summed E-state index contributed by atoms with van der Waals surface area (Å²) in [4.78, 5) is 27.4. The number of rotatable bonds is 5. The number of nitrogens with one attached hydrogen (secondary N) is 2. The Morgan fingerprint density at radius 3 is 2.76 bits per heavy atom. The van der Waals surface area contributed by atoms with Gasteiger partial charge in [0, 0.05) is 30.4 Å². The van der Waals surface area contributed by atoms with Crippen LogP contribution in [0.15, 0.2) is 47.4 Å². The minimum atomic E-state index is -0.763. The zero-order chi connectivity index (χ0) is 25.9. The summed E-state index contributed by atoms with van der Waals surface area (Å²) in [5.41, 5.74) is 3.81. The van der Waals surface area contributed by atoms with Crippen LogP contribution >= 0.6 is 0 Å². The summed E-state index contributed by atoms with van der Waals surface area (Å²) in [5.74, 6) is 0.970. The summed E-state index contributed by atoms with van der Waals surface area (Å²) in [6.45, 7) is 9.92. The molecule has 2 aliphatic rings. The minimum Gasteiger partial charge on any atom is -0.324 e. The first-order chi connectivity index (χ1) is 17.7. The monoisotopic (exact) mass is 494 g/mol. The van der Waals surface area contributed by atoms with Crippen molar-refractivity contribution in [3.8, 4) is 11.9 Å². The molecule has 2 N–H and O–H groups in total. The molecule has 0 saturated heterocycles. The molecule has 4 heterocycles. The second-order valence-electron chi connectivity index (χ2n) is 11.2. The van der Waals surface area contributed by atoms with Gasteiger partial charge < -0.3 is 10.6 Å². The summed E-state index contributed by atoms with van der Waals surface area (Å²) in [6, 6.07) is 14.3. The SMILES string of the molecule is CC(C)(C#N)c1cccc(-n2c3nc(Nc4ccc5c(c4)CNCC5(C)C)ncc3c(=O)n2C2CC2)n1. The average Bonchev–Trinajstić information content (AvgIpc) is 3.67. The van der Waals surface area contributed by atoms with Gasteiger partial charge in [-0.2, -0.15) is 10.2 Å². The van der Waals surface area contributed by atoms with Crippen LogP contribution in [0.2, 0.25) is 0 Å². The van der Waals surface area contributed by atoms with Gasteiger partial charge >= 0.3 is 0 Å². The molecule has 0 atom stereocenters. The fourth-order valence-electron chi connectivity index (χ4n) is 5.09. The topological polar surface area (TPSA) is 113 Å². The number of anilines is 2. The number of hydrogen-bond donors (Lipinski definition) is 2. The third-order valence-electron chi connectivity index (χ3n) is 7.36. The van der Waals surface area contributed by atoms with Crippen LogP contribution in [0.25, 0.3) is 16.9 Å². The van der Waals surface area contributed by atoms with Crippen LogP contribution in [0.3, 0.4) is 0 Å². The highest BCUT2D eigenvalue weighted by atomic mass is 16.1. The van der Waals surface area contributed by atoms with Crippen molar-refractivity contribution >= 4 is 22.7 Å². The molecule has 188 valence electrons. The Balaban J connectivity index is 1.45. The average molecular weight is 495 g/mol. The number of aromatic nitrogens is 5. The predicted molar refractivity (Wildman–Crippen MR) is 142 cm³/mol. The molecule has 1 saturated carbocycles. The van der Waals surface area contributed by atoms with E-state index < -0.39 is 5.41 Å². The molecular weight excluding hydrogens is 464 g/mol. The first kappa shape index (κ1) is 23.4.